The average Bonchev–Trinajstić information content (AvgIpc) is 3.27. The number of para-hydroxylation sites is 2. The molecular weight excluding hydrogens is 374 g/mol. The number of carbonyl (C=O) groups is 1. The van der Waals surface area contributed by atoms with Crippen molar-refractivity contribution < 1.29 is 4.79 Å². The second kappa shape index (κ2) is 8.06. The van der Waals surface area contributed by atoms with Crippen molar-refractivity contribution in [3.05, 3.63) is 78.9 Å². The predicted molar refractivity (Wildman–Crippen MR) is 116 cm³/mol. The molecule has 1 fully saturated rings. The minimum atomic E-state index is -0.0284. The zero-order valence-corrected chi connectivity index (χ0v) is 16.7. The molecule has 1 aliphatic rings. The van der Waals surface area contributed by atoms with Crippen LogP contribution in [0.4, 0.5) is 0 Å². The molecule has 6 heteroatoms. The lowest BCUT2D eigenvalue weighted by Crippen LogP contribution is -2.39. The lowest BCUT2D eigenvalue weighted by atomic mass is 9.96. The van der Waals surface area contributed by atoms with Crippen molar-refractivity contribution in [2.45, 2.75) is 19.4 Å². The summed E-state index contributed by atoms with van der Waals surface area (Å²) in [6, 6.07) is 17.9. The number of benzene rings is 2. The molecule has 3 heterocycles. The number of piperidine rings is 1. The van der Waals surface area contributed by atoms with Crippen LogP contribution < -0.4 is 0 Å². The van der Waals surface area contributed by atoms with Crippen LogP contribution in [-0.4, -0.2) is 43.4 Å². The van der Waals surface area contributed by atoms with E-state index in [-0.39, 0.29) is 5.91 Å². The van der Waals surface area contributed by atoms with E-state index in [0.29, 0.717) is 11.6 Å². The summed E-state index contributed by atoms with van der Waals surface area (Å²) in [4.78, 5) is 28.3. The first-order chi connectivity index (χ1) is 14.8. The van der Waals surface area contributed by atoms with Crippen molar-refractivity contribution in [1.29, 1.82) is 0 Å². The van der Waals surface area contributed by atoms with E-state index in [2.05, 4.69) is 31.7 Å². The van der Waals surface area contributed by atoms with Gasteiger partial charge in [-0.1, -0.05) is 42.5 Å². The van der Waals surface area contributed by atoms with Crippen LogP contribution in [0.2, 0.25) is 0 Å². The van der Waals surface area contributed by atoms with E-state index in [1.807, 2.05) is 59.8 Å². The summed E-state index contributed by atoms with van der Waals surface area (Å²) in [6.07, 6.45) is 7.44. The molecule has 0 saturated carbocycles. The van der Waals surface area contributed by atoms with Gasteiger partial charge in [-0.2, -0.15) is 0 Å². The summed E-state index contributed by atoms with van der Waals surface area (Å²) in [7, 11) is 0. The van der Waals surface area contributed by atoms with Crippen molar-refractivity contribution in [1.82, 2.24) is 24.4 Å². The molecule has 0 aliphatic carbocycles. The zero-order valence-electron chi connectivity index (χ0n) is 16.7. The number of rotatable bonds is 4. The Labute approximate surface area is 175 Å². The van der Waals surface area contributed by atoms with Gasteiger partial charge in [0.05, 0.1) is 17.2 Å². The lowest BCUT2D eigenvalue weighted by molar-refractivity contribution is 0.0677. The van der Waals surface area contributed by atoms with Gasteiger partial charge in [0, 0.05) is 37.6 Å². The topological polar surface area (TPSA) is 63.9 Å². The molecule has 2 aromatic carbocycles. The smallest absolute Gasteiger partial charge is 0.274 e. The maximum Gasteiger partial charge on any atom is 0.274 e. The molecule has 150 valence electrons. The Morgan fingerprint density at radius 1 is 0.933 bits per heavy atom. The zero-order chi connectivity index (χ0) is 20.3. The number of carbonyl (C=O) groups excluding carboxylic acids is 1. The van der Waals surface area contributed by atoms with Crippen molar-refractivity contribution in [2.75, 3.05) is 13.1 Å². The molecule has 5 rings (SSSR count). The number of aromatic nitrogens is 4. The average molecular weight is 397 g/mol. The molecule has 0 N–H and O–H groups in total. The highest BCUT2D eigenvalue weighted by Gasteiger charge is 2.25. The lowest BCUT2D eigenvalue weighted by Gasteiger charge is -2.32. The van der Waals surface area contributed by atoms with Gasteiger partial charge in [0.2, 0.25) is 0 Å². The molecule has 0 spiro atoms. The van der Waals surface area contributed by atoms with Crippen LogP contribution in [0.5, 0.6) is 0 Å². The van der Waals surface area contributed by atoms with Crippen LogP contribution in [0.1, 0.15) is 23.3 Å². The van der Waals surface area contributed by atoms with E-state index in [0.717, 1.165) is 54.9 Å². The minimum Gasteiger partial charge on any atom is -0.337 e. The molecule has 0 bridgehead atoms. The number of likely N-dealkylation sites (tertiary alicyclic amines) is 1. The fourth-order valence-electron chi connectivity index (χ4n) is 4.12. The third-order valence-corrected chi connectivity index (χ3v) is 5.77. The number of imidazole rings is 1. The van der Waals surface area contributed by atoms with E-state index in [1.165, 1.54) is 0 Å². The van der Waals surface area contributed by atoms with Crippen LogP contribution in [0.3, 0.4) is 0 Å². The summed E-state index contributed by atoms with van der Waals surface area (Å²) in [6.45, 7) is 2.41. The number of amides is 1. The van der Waals surface area contributed by atoms with Gasteiger partial charge >= 0.3 is 0 Å². The highest BCUT2D eigenvalue weighted by atomic mass is 16.2. The fourth-order valence-corrected chi connectivity index (χ4v) is 4.12. The molecule has 2 aromatic heterocycles. The Bertz CT molecular complexity index is 1160. The highest BCUT2D eigenvalue weighted by Crippen LogP contribution is 2.24. The molecule has 1 aliphatic heterocycles. The third-order valence-electron chi connectivity index (χ3n) is 5.77. The Hall–Kier alpha value is -3.54. The first kappa shape index (κ1) is 18.5. The molecule has 0 radical (unpaired) electrons. The normalized spacial score (nSPS) is 14.9. The monoisotopic (exact) mass is 397 g/mol. The van der Waals surface area contributed by atoms with Crippen LogP contribution >= 0.6 is 0 Å². The predicted octanol–water partition coefficient (Wildman–Crippen LogP) is 4.05. The summed E-state index contributed by atoms with van der Waals surface area (Å²) >= 11 is 0. The minimum absolute atomic E-state index is 0.0284. The van der Waals surface area contributed by atoms with Gasteiger partial charge in [-0.3, -0.25) is 9.78 Å². The van der Waals surface area contributed by atoms with Crippen LogP contribution in [0.15, 0.2) is 73.2 Å². The van der Waals surface area contributed by atoms with Crippen LogP contribution in [-0.2, 0) is 6.54 Å². The molecular formula is C24H23N5O. The summed E-state index contributed by atoms with van der Waals surface area (Å²) < 4.78 is 2.23. The van der Waals surface area contributed by atoms with E-state index in [4.69, 9.17) is 0 Å². The Kier molecular flexibility index (Phi) is 4.97. The van der Waals surface area contributed by atoms with Gasteiger partial charge in [0.25, 0.3) is 5.91 Å². The van der Waals surface area contributed by atoms with Crippen molar-refractivity contribution in [3.63, 3.8) is 0 Å². The molecule has 0 unspecified atom stereocenters. The Balaban J connectivity index is 1.23. The van der Waals surface area contributed by atoms with E-state index in [1.54, 1.807) is 6.20 Å². The SMILES string of the molecule is O=C(c1cnc2ccccc2n1)N1CCC(Cn2ccnc2-c2ccccc2)CC1. The Morgan fingerprint density at radius 3 is 2.47 bits per heavy atom. The van der Waals surface area contributed by atoms with E-state index >= 15 is 0 Å². The second-order valence-electron chi connectivity index (χ2n) is 7.75. The highest BCUT2D eigenvalue weighted by molar-refractivity contribution is 5.93. The van der Waals surface area contributed by atoms with Gasteiger partial charge < -0.3 is 9.47 Å². The Morgan fingerprint density at radius 2 is 1.67 bits per heavy atom. The maximum absolute atomic E-state index is 12.9. The first-order valence-corrected chi connectivity index (χ1v) is 10.4. The number of nitrogens with zero attached hydrogens (tertiary/aromatic N) is 5. The summed E-state index contributed by atoms with van der Waals surface area (Å²) in [5.74, 6) is 1.49. The van der Waals surface area contributed by atoms with Gasteiger partial charge in [0.15, 0.2) is 0 Å². The van der Waals surface area contributed by atoms with Crippen molar-refractivity contribution in [3.8, 4) is 11.4 Å². The molecule has 30 heavy (non-hydrogen) atoms. The quantitative estimate of drug-likeness (QED) is 0.521. The maximum atomic E-state index is 12.9. The molecule has 6 nitrogen and oxygen atoms in total. The molecule has 4 aromatic rings. The first-order valence-electron chi connectivity index (χ1n) is 10.4. The molecule has 1 saturated heterocycles. The van der Waals surface area contributed by atoms with Crippen molar-refractivity contribution in [2.24, 2.45) is 5.92 Å². The number of hydrogen-bond acceptors (Lipinski definition) is 4. The van der Waals surface area contributed by atoms with Gasteiger partial charge in [-0.05, 0) is 30.9 Å². The van der Waals surface area contributed by atoms with Crippen LogP contribution in [0.25, 0.3) is 22.4 Å². The number of fused-ring (bicyclic) bond motifs is 1. The van der Waals surface area contributed by atoms with Crippen molar-refractivity contribution >= 4 is 16.9 Å². The van der Waals surface area contributed by atoms with Gasteiger partial charge in [-0.25, -0.2) is 9.97 Å². The summed E-state index contributed by atoms with van der Waals surface area (Å²) in [5.41, 5.74) is 3.12. The third kappa shape index (κ3) is 3.68. The molecule has 0 atom stereocenters. The van der Waals surface area contributed by atoms with Gasteiger partial charge in [-0.15, -0.1) is 0 Å². The van der Waals surface area contributed by atoms with Gasteiger partial charge in [0.1, 0.15) is 11.5 Å². The fraction of sp³-hybridized carbons (Fsp3) is 0.250. The van der Waals surface area contributed by atoms with E-state index in [9.17, 15) is 4.79 Å². The number of hydrogen-bond donors (Lipinski definition) is 0. The summed E-state index contributed by atoms with van der Waals surface area (Å²) in [5, 5.41) is 0. The van der Waals surface area contributed by atoms with E-state index < -0.39 is 0 Å². The second-order valence-corrected chi connectivity index (χ2v) is 7.75. The largest absolute Gasteiger partial charge is 0.337 e. The van der Waals surface area contributed by atoms with Crippen LogP contribution in [0, 0.1) is 5.92 Å². The molecule has 1 amide bonds. The standard InChI is InChI=1S/C24H23N5O/c30-24(22-16-26-20-8-4-5-9-21(20)27-22)28-13-10-18(11-14-28)17-29-15-12-25-23(29)19-6-2-1-3-7-19/h1-9,12,15-16,18H,10-11,13-14,17H2.